The Kier molecular flexibility index (Phi) is 5.13. The zero-order valence-electron chi connectivity index (χ0n) is 15.5. The lowest BCUT2D eigenvalue weighted by Gasteiger charge is -2.23. The molecule has 4 rings (SSSR count). The van der Waals surface area contributed by atoms with Crippen LogP contribution in [0.5, 0.6) is 5.75 Å². The molecular weight excluding hydrogens is 381 g/mol. The third-order valence-corrected chi connectivity index (χ3v) is 5.02. The van der Waals surface area contributed by atoms with Crippen molar-refractivity contribution in [3.63, 3.8) is 0 Å². The molecule has 2 aromatic carbocycles. The van der Waals surface area contributed by atoms with Crippen LogP contribution >= 0.6 is 0 Å². The van der Waals surface area contributed by atoms with Crippen molar-refractivity contribution < 1.29 is 22.7 Å². The molecule has 0 aliphatic heterocycles. The number of rotatable bonds is 5. The van der Waals surface area contributed by atoms with Crippen LogP contribution in [0.15, 0.2) is 54.6 Å². The quantitative estimate of drug-likeness (QED) is 0.608. The average Bonchev–Trinajstić information content (AvgIpc) is 2.64. The lowest BCUT2D eigenvalue weighted by atomic mass is 9.85. The van der Waals surface area contributed by atoms with Crippen LogP contribution in [0.4, 0.5) is 19.0 Å². The van der Waals surface area contributed by atoms with Gasteiger partial charge < -0.3 is 10.1 Å². The van der Waals surface area contributed by atoms with E-state index in [9.17, 15) is 18.0 Å². The number of nitrogens with zero attached hydrogens (tertiary/aromatic N) is 1. The summed E-state index contributed by atoms with van der Waals surface area (Å²) < 4.78 is 42.9. The number of carbonyl (C=O) groups is 1. The molecule has 0 bridgehead atoms. The molecule has 1 aromatic heterocycles. The Hall–Kier alpha value is -3.09. The van der Waals surface area contributed by atoms with Crippen LogP contribution in [-0.2, 0) is 4.79 Å². The number of anilines is 1. The summed E-state index contributed by atoms with van der Waals surface area (Å²) in [7, 11) is 0. The maximum atomic E-state index is 12.6. The number of ether oxygens (including phenoxy) is 1. The van der Waals surface area contributed by atoms with Gasteiger partial charge in [-0.05, 0) is 31.0 Å². The Balaban J connectivity index is 1.70. The number of aromatic nitrogens is 1. The molecule has 29 heavy (non-hydrogen) atoms. The van der Waals surface area contributed by atoms with Gasteiger partial charge in [0.1, 0.15) is 11.6 Å². The number of para-hydroxylation sites is 2. The highest BCUT2D eigenvalue weighted by Crippen LogP contribution is 2.35. The summed E-state index contributed by atoms with van der Waals surface area (Å²) in [6, 6.07) is 15.6. The molecule has 0 atom stereocenters. The summed E-state index contributed by atoms with van der Waals surface area (Å²) in [6.07, 6.45) is -1.60. The van der Waals surface area contributed by atoms with Gasteiger partial charge in [0.15, 0.2) is 6.61 Å². The number of fused-ring (bicyclic) bond motifs is 1. The van der Waals surface area contributed by atoms with E-state index in [0.717, 1.165) is 24.6 Å². The summed E-state index contributed by atoms with van der Waals surface area (Å²) in [6.45, 7) is -1.37. The topological polar surface area (TPSA) is 51.2 Å². The monoisotopic (exact) mass is 400 g/mol. The van der Waals surface area contributed by atoms with Crippen molar-refractivity contribution in [2.75, 3.05) is 11.9 Å². The molecule has 1 aliphatic rings. The van der Waals surface area contributed by atoms with Crippen molar-refractivity contribution in [3.05, 3.63) is 54.6 Å². The average molecular weight is 400 g/mol. The van der Waals surface area contributed by atoms with Crippen molar-refractivity contribution in [1.82, 2.24) is 4.98 Å². The Morgan fingerprint density at radius 3 is 2.52 bits per heavy atom. The molecule has 1 amide bonds. The first-order valence-corrected chi connectivity index (χ1v) is 9.40. The van der Waals surface area contributed by atoms with E-state index < -0.39 is 12.8 Å². The van der Waals surface area contributed by atoms with Crippen LogP contribution in [0.2, 0.25) is 0 Å². The highest BCUT2D eigenvalue weighted by Gasteiger charge is 2.29. The Morgan fingerprint density at radius 1 is 1.03 bits per heavy atom. The smallest absolute Gasteiger partial charge is 0.422 e. The molecule has 0 saturated heterocycles. The summed E-state index contributed by atoms with van der Waals surface area (Å²) >= 11 is 0. The van der Waals surface area contributed by atoms with E-state index >= 15 is 0 Å². The van der Waals surface area contributed by atoms with Gasteiger partial charge in [0, 0.05) is 22.4 Å². The number of pyridine rings is 1. The number of alkyl halides is 3. The minimum atomic E-state index is -4.43. The second-order valence-electron chi connectivity index (χ2n) is 7.09. The fourth-order valence-corrected chi connectivity index (χ4v) is 3.31. The SMILES string of the molecule is O=C(Nc1ccc2cccc(-c3ccccc3OCC(F)(F)F)c2n1)C1CCC1. The third-order valence-electron chi connectivity index (χ3n) is 5.02. The maximum absolute atomic E-state index is 12.6. The van der Waals surface area contributed by atoms with Gasteiger partial charge >= 0.3 is 6.18 Å². The van der Waals surface area contributed by atoms with Crippen LogP contribution < -0.4 is 10.1 Å². The highest BCUT2D eigenvalue weighted by molar-refractivity contribution is 5.98. The van der Waals surface area contributed by atoms with E-state index in [2.05, 4.69) is 10.3 Å². The predicted octanol–water partition coefficient (Wildman–Crippen LogP) is 5.58. The van der Waals surface area contributed by atoms with Crippen LogP contribution in [0.1, 0.15) is 19.3 Å². The standard InChI is InChI=1S/C22H19F3N2O2/c23-22(24,25)13-29-18-10-2-1-8-16(18)17-9-4-5-14-11-12-19(26-20(14)17)27-21(28)15-6-3-7-15/h1-2,4-5,8-12,15H,3,6-7,13H2,(H,26,27,28). The molecule has 150 valence electrons. The van der Waals surface area contributed by atoms with Crippen LogP contribution in [0, 0.1) is 5.92 Å². The zero-order valence-corrected chi connectivity index (χ0v) is 15.5. The van der Waals surface area contributed by atoms with Crippen molar-refractivity contribution in [2.24, 2.45) is 5.92 Å². The molecule has 4 nitrogen and oxygen atoms in total. The minimum Gasteiger partial charge on any atom is -0.483 e. The Morgan fingerprint density at radius 2 is 1.79 bits per heavy atom. The maximum Gasteiger partial charge on any atom is 0.422 e. The van der Waals surface area contributed by atoms with Gasteiger partial charge in [-0.2, -0.15) is 13.2 Å². The van der Waals surface area contributed by atoms with Crippen molar-refractivity contribution in [1.29, 1.82) is 0 Å². The molecule has 0 radical (unpaired) electrons. The summed E-state index contributed by atoms with van der Waals surface area (Å²) in [4.78, 5) is 16.8. The van der Waals surface area contributed by atoms with Crippen molar-refractivity contribution >= 4 is 22.6 Å². The lowest BCUT2D eigenvalue weighted by molar-refractivity contribution is -0.153. The number of amides is 1. The van der Waals surface area contributed by atoms with Gasteiger partial charge in [-0.15, -0.1) is 0 Å². The Bertz CT molecular complexity index is 1050. The van der Waals surface area contributed by atoms with Crippen LogP contribution in [-0.4, -0.2) is 23.7 Å². The van der Waals surface area contributed by atoms with Crippen molar-refractivity contribution in [3.8, 4) is 16.9 Å². The molecule has 1 fully saturated rings. The number of nitrogens with one attached hydrogen (secondary N) is 1. The zero-order chi connectivity index (χ0) is 20.4. The lowest BCUT2D eigenvalue weighted by Crippen LogP contribution is -2.28. The van der Waals surface area contributed by atoms with Crippen molar-refractivity contribution in [2.45, 2.75) is 25.4 Å². The van der Waals surface area contributed by atoms with Gasteiger partial charge in [0.05, 0.1) is 5.52 Å². The number of benzene rings is 2. The molecule has 7 heteroatoms. The molecule has 0 unspecified atom stereocenters. The second-order valence-corrected chi connectivity index (χ2v) is 7.09. The normalized spacial score (nSPS) is 14.4. The molecule has 1 saturated carbocycles. The molecule has 1 N–H and O–H groups in total. The van der Waals surface area contributed by atoms with Crippen LogP contribution in [0.3, 0.4) is 0 Å². The third kappa shape index (κ3) is 4.34. The van der Waals surface area contributed by atoms with Gasteiger partial charge in [0.2, 0.25) is 5.91 Å². The predicted molar refractivity (Wildman–Crippen MR) is 105 cm³/mol. The van der Waals surface area contributed by atoms with Crippen LogP contribution in [0.25, 0.3) is 22.0 Å². The largest absolute Gasteiger partial charge is 0.483 e. The fourth-order valence-electron chi connectivity index (χ4n) is 3.31. The first-order chi connectivity index (χ1) is 13.9. The number of hydrogen-bond donors (Lipinski definition) is 1. The van der Waals surface area contributed by atoms with Gasteiger partial charge in [-0.1, -0.05) is 42.8 Å². The van der Waals surface area contributed by atoms with E-state index in [-0.39, 0.29) is 17.6 Å². The fraction of sp³-hybridized carbons (Fsp3) is 0.273. The van der Waals surface area contributed by atoms with E-state index in [1.807, 2.05) is 18.2 Å². The molecule has 0 spiro atoms. The summed E-state index contributed by atoms with van der Waals surface area (Å²) in [5, 5.41) is 3.66. The minimum absolute atomic E-state index is 0.0271. The van der Waals surface area contributed by atoms with E-state index in [0.29, 0.717) is 22.5 Å². The first kappa shape index (κ1) is 19.2. The number of halogens is 3. The molecule has 3 aromatic rings. The second kappa shape index (κ2) is 7.73. The highest BCUT2D eigenvalue weighted by atomic mass is 19.4. The van der Waals surface area contributed by atoms with Gasteiger partial charge in [0.25, 0.3) is 0 Å². The number of hydrogen-bond acceptors (Lipinski definition) is 3. The van der Waals surface area contributed by atoms with Gasteiger partial charge in [-0.3, -0.25) is 4.79 Å². The number of carbonyl (C=O) groups excluding carboxylic acids is 1. The van der Waals surface area contributed by atoms with E-state index in [1.165, 1.54) is 6.07 Å². The van der Waals surface area contributed by atoms with Gasteiger partial charge in [-0.25, -0.2) is 4.98 Å². The Labute approximate surface area is 165 Å². The summed E-state index contributed by atoms with van der Waals surface area (Å²) in [5.74, 6) is 0.535. The first-order valence-electron chi connectivity index (χ1n) is 9.40. The molecular formula is C22H19F3N2O2. The summed E-state index contributed by atoms with van der Waals surface area (Å²) in [5.41, 5.74) is 1.74. The van der Waals surface area contributed by atoms with E-state index in [1.54, 1.807) is 30.3 Å². The molecule has 1 aliphatic carbocycles. The van der Waals surface area contributed by atoms with E-state index in [4.69, 9.17) is 4.74 Å². The molecule has 1 heterocycles.